The average Bonchev–Trinajstić information content (AvgIpc) is 2.32. The van der Waals surface area contributed by atoms with Gasteiger partial charge in [-0.25, -0.2) is 0 Å². The highest BCUT2D eigenvalue weighted by Gasteiger charge is 2.37. The second-order valence-electron chi connectivity index (χ2n) is 6.49. The van der Waals surface area contributed by atoms with Gasteiger partial charge in [0, 0.05) is 31.8 Å². The molecule has 0 amide bonds. The van der Waals surface area contributed by atoms with E-state index in [1.54, 1.807) is 0 Å². The molecule has 0 radical (unpaired) electrons. The second-order valence-corrected chi connectivity index (χ2v) is 6.49. The molecule has 2 rings (SSSR count). The van der Waals surface area contributed by atoms with E-state index in [1.807, 2.05) is 0 Å². The van der Waals surface area contributed by atoms with Crippen molar-refractivity contribution in [2.45, 2.75) is 50.9 Å². The van der Waals surface area contributed by atoms with Gasteiger partial charge < -0.3 is 10.4 Å². The Bertz CT molecular complexity index is 305. The molecule has 2 unspecified atom stereocenters. The number of aliphatic hydroxyl groups excluding tert-OH is 1. The van der Waals surface area contributed by atoms with Gasteiger partial charge in [-0.15, -0.1) is 0 Å². The normalized spacial score (nSPS) is 35.9. The smallest absolute Gasteiger partial charge is 0.396 e. The summed E-state index contributed by atoms with van der Waals surface area (Å²) in [6.45, 7) is 3.03. The summed E-state index contributed by atoms with van der Waals surface area (Å²) in [5.74, 6) is 1.04. The Hall–Kier alpha value is -0.330. The van der Waals surface area contributed by atoms with Crippen LogP contribution in [0.4, 0.5) is 13.2 Å². The third-order valence-electron chi connectivity index (χ3n) is 4.56. The van der Waals surface area contributed by atoms with Crippen LogP contribution >= 0.6 is 0 Å². The monoisotopic (exact) mass is 294 g/mol. The van der Waals surface area contributed by atoms with Crippen LogP contribution in [-0.4, -0.2) is 54.5 Å². The first kappa shape index (κ1) is 16.0. The van der Waals surface area contributed by atoms with Crippen LogP contribution in [-0.2, 0) is 0 Å². The first-order valence-corrected chi connectivity index (χ1v) is 7.52. The van der Waals surface area contributed by atoms with Crippen LogP contribution in [0.15, 0.2) is 0 Å². The van der Waals surface area contributed by atoms with E-state index in [4.69, 9.17) is 5.11 Å². The Labute approximate surface area is 118 Å². The lowest BCUT2D eigenvalue weighted by molar-refractivity contribution is -0.127. The standard InChI is InChI=1S/C14H25F3N2O/c1-10-4-13(5-10)19-7-11(2-3-20)6-12(8-19)18-9-14(15,16)17/h10-13,18,20H,2-9H2,1H3. The second kappa shape index (κ2) is 6.62. The third-order valence-corrected chi connectivity index (χ3v) is 4.56. The molecule has 1 heterocycles. The van der Waals surface area contributed by atoms with Crippen LogP contribution in [0.3, 0.4) is 0 Å². The summed E-state index contributed by atoms with van der Waals surface area (Å²) in [5, 5.41) is 11.7. The number of hydrogen-bond donors (Lipinski definition) is 2. The molecule has 2 atom stereocenters. The number of hydrogen-bond acceptors (Lipinski definition) is 3. The summed E-state index contributed by atoms with van der Waals surface area (Å²) in [7, 11) is 0. The largest absolute Gasteiger partial charge is 0.401 e. The maximum absolute atomic E-state index is 12.3. The van der Waals surface area contributed by atoms with Gasteiger partial charge in [-0.3, -0.25) is 4.90 Å². The van der Waals surface area contributed by atoms with Gasteiger partial charge in [-0.1, -0.05) is 6.92 Å². The highest BCUT2D eigenvalue weighted by atomic mass is 19.4. The minimum absolute atomic E-state index is 0.113. The Morgan fingerprint density at radius 3 is 2.45 bits per heavy atom. The molecule has 20 heavy (non-hydrogen) atoms. The number of likely N-dealkylation sites (tertiary alicyclic amines) is 1. The fourth-order valence-corrected chi connectivity index (χ4v) is 3.50. The number of aliphatic hydroxyl groups is 1. The molecule has 6 heteroatoms. The van der Waals surface area contributed by atoms with Crippen molar-refractivity contribution < 1.29 is 18.3 Å². The number of halogens is 3. The molecule has 0 aromatic carbocycles. The summed E-state index contributed by atoms with van der Waals surface area (Å²) in [5.41, 5.74) is 0. The van der Waals surface area contributed by atoms with Crippen molar-refractivity contribution in [2.24, 2.45) is 11.8 Å². The van der Waals surface area contributed by atoms with Crippen LogP contribution < -0.4 is 5.32 Å². The number of piperidine rings is 1. The van der Waals surface area contributed by atoms with E-state index in [1.165, 1.54) is 0 Å². The van der Waals surface area contributed by atoms with Gasteiger partial charge in [0.1, 0.15) is 0 Å². The molecule has 1 saturated heterocycles. The topological polar surface area (TPSA) is 35.5 Å². The van der Waals surface area contributed by atoms with E-state index < -0.39 is 12.7 Å². The van der Waals surface area contributed by atoms with E-state index in [9.17, 15) is 13.2 Å². The van der Waals surface area contributed by atoms with Gasteiger partial charge in [0.2, 0.25) is 0 Å². The zero-order chi connectivity index (χ0) is 14.8. The third kappa shape index (κ3) is 4.60. The number of alkyl halides is 3. The van der Waals surface area contributed by atoms with Crippen molar-refractivity contribution in [3.63, 3.8) is 0 Å². The number of nitrogens with one attached hydrogen (secondary N) is 1. The van der Waals surface area contributed by atoms with E-state index in [0.29, 0.717) is 24.9 Å². The molecule has 2 N–H and O–H groups in total. The molecule has 0 spiro atoms. The fourth-order valence-electron chi connectivity index (χ4n) is 3.50. The van der Waals surface area contributed by atoms with Crippen molar-refractivity contribution in [1.29, 1.82) is 0 Å². The minimum Gasteiger partial charge on any atom is -0.396 e. The van der Waals surface area contributed by atoms with Crippen LogP contribution in [0.5, 0.6) is 0 Å². The highest BCUT2D eigenvalue weighted by molar-refractivity contribution is 4.92. The quantitative estimate of drug-likeness (QED) is 0.814. The fraction of sp³-hybridized carbons (Fsp3) is 1.00. The van der Waals surface area contributed by atoms with Crippen molar-refractivity contribution >= 4 is 0 Å². The predicted molar refractivity (Wildman–Crippen MR) is 71.4 cm³/mol. The van der Waals surface area contributed by atoms with Crippen molar-refractivity contribution in [1.82, 2.24) is 10.2 Å². The van der Waals surface area contributed by atoms with Gasteiger partial charge in [0.05, 0.1) is 6.54 Å². The van der Waals surface area contributed by atoms with E-state index in [2.05, 4.69) is 17.1 Å². The highest BCUT2D eigenvalue weighted by Crippen LogP contribution is 2.34. The van der Waals surface area contributed by atoms with Crippen molar-refractivity contribution in [3.8, 4) is 0 Å². The van der Waals surface area contributed by atoms with Gasteiger partial charge in [-0.05, 0) is 37.5 Å². The lowest BCUT2D eigenvalue weighted by Crippen LogP contribution is -2.56. The summed E-state index contributed by atoms with van der Waals surface area (Å²) in [6.07, 6.45) is -0.437. The Morgan fingerprint density at radius 2 is 1.90 bits per heavy atom. The van der Waals surface area contributed by atoms with Crippen molar-refractivity contribution in [2.75, 3.05) is 26.2 Å². The Morgan fingerprint density at radius 1 is 1.20 bits per heavy atom. The molecule has 118 valence electrons. The summed E-state index contributed by atoms with van der Waals surface area (Å²) in [4.78, 5) is 2.33. The van der Waals surface area contributed by atoms with E-state index in [-0.39, 0.29) is 12.6 Å². The summed E-state index contributed by atoms with van der Waals surface area (Å²) in [6, 6.07) is 0.416. The number of nitrogens with zero attached hydrogens (tertiary/aromatic N) is 1. The number of rotatable bonds is 5. The predicted octanol–water partition coefficient (Wildman–Crippen LogP) is 2.01. The van der Waals surface area contributed by atoms with Gasteiger partial charge in [0.15, 0.2) is 0 Å². The summed E-state index contributed by atoms with van der Waals surface area (Å²) >= 11 is 0. The van der Waals surface area contributed by atoms with Crippen LogP contribution in [0, 0.1) is 11.8 Å². The molecule has 0 aromatic heterocycles. The molecule has 2 fully saturated rings. The first-order chi connectivity index (χ1) is 9.37. The minimum atomic E-state index is -4.15. The maximum Gasteiger partial charge on any atom is 0.401 e. The molecule has 1 aliphatic carbocycles. The molecular formula is C14H25F3N2O. The van der Waals surface area contributed by atoms with E-state index in [0.717, 1.165) is 31.7 Å². The van der Waals surface area contributed by atoms with Crippen LogP contribution in [0.25, 0.3) is 0 Å². The summed E-state index contributed by atoms with van der Waals surface area (Å²) < 4.78 is 37.0. The lowest BCUT2D eigenvalue weighted by atomic mass is 9.78. The van der Waals surface area contributed by atoms with Gasteiger partial charge >= 0.3 is 6.18 Å². The molecule has 0 aromatic rings. The molecule has 1 saturated carbocycles. The first-order valence-electron chi connectivity index (χ1n) is 7.52. The zero-order valence-electron chi connectivity index (χ0n) is 12.0. The molecule has 3 nitrogen and oxygen atoms in total. The van der Waals surface area contributed by atoms with Gasteiger partial charge in [0.25, 0.3) is 0 Å². The Balaban J connectivity index is 1.87. The van der Waals surface area contributed by atoms with Crippen LogP contribution in [0.1, 0.15) is 32.6 Å². The maximum atomic E-state index is 12.3. The molecule has 2 aliphatic rings. The molecule has 1 aliphatic heterocycles. The molecular weight excluding hydrogens is 269 g/mol. The van der Waals surface area contributed by atoms with Crippen molar-refractivity contribution in [3.05, 3.63) is 0 Å². The lowest BCUT2D eigenvalue weighted by Gasteiger charge is -2.47. The van der Waals surface area contributed by atoms with Gasteiger partial charge in [-0.2, -0.15) is 13.2 Å². The van der Waals surface area contributed by atoms with Crippen LogP contribution in [0.2, 0.25) is 0 Å². The average molecular weight is 294 g/mol. The molecule has 0 bridgehead atoms. The SMILES string of the molecule is CC1CC(N2CC(CCO)CC(NCC(F)(F)F)C2)C1. The Kier molecular flexibility index (Phi) is 5.31. The van der Waals surface area contributed by atoms with E-state index >= 15 is 0 Å². The zero-order valence-corrected chi connectivity index (χ0v) is 12.0.